The number of hydrogen-bond acceptors (Lipinski definition) is 14. The van der Waals surface area contributed by atoms with Crippen LogP contribution in [0.15, 0.2) is 97.5 Å². The molecule has 0 radical (unpaired) electrons. The Balaban J connectivity index is 1.11. The van der Waals surface area contributed by atoms with Crippen LogP contribution >= 0.6 is 22.9 Å². The maximum atomic E-state index is 14.6. The zero-order chi connectivity index (χ0) is 52.5. The molecular weight excluding hydrogens is 995 g/mol. The highest BCUT2D eigenvalue weighted by Crippen LogP contribution is 2.50. The zero-order valence-electron chi connectivity index (χ0n) is 43.8. The van der Waals surface area contributed by atoms with Crippen LogP contribution in [-0.2, 0) is 22.6 Å². The molecule has 3 aromatic heterocycles. The molecule has 4 bridgehead atoms. The summed E-state index contributed by atoms with van der Waals surface area (Å²) in [5.41, 5.74) is 4.20. The molecule has 74 heavy (non-hydrogen) atoms. The highest BCUT2D eigenvalue weighted by Gasteiger charge is 2.39. The summed E-state index contributed by atoms with van der Waals surface area (Å²) in [6.45, 7) is 23.0. The van der Waals surface area contributed by atoms with Crippen LogP contribution in [0.5, 0.6) is 28.9 Å². The van der Waals surface area contributed by atoms with Gasteiger partial charge in [0.25, 0.3) is 0 Å². The van der Waals surface area contributed by atoms with Gasteiger partial charge in [0.15, 0.2) is 5.82 Å². The third-order valence-electron chi connectivity index (χ3n) is 13.7. The molecule has 0 spiro atoms. The van der Waals surface area contributed by atoms with Gasteiger partial charge in [-0.05, 0) is 136 Å². The Bertz CT molecular complexity index is 3140. The Kier molecular flexibility index (Phi) is 15.4. The summed E-state index contributed by atoms with van der Waals surface area (Å²) in [5, 5.41) is 1.04. The van der Waals surface area contributed by atoms with Gasteiger partial charge in [-0.15, -0.1) is 11.3 Å². The summed E-state index contributed by atoms with van der Waals surface area (Å²) < 4.78 is 54.0. The highest BCUT2D eigenvalue weighted by molar-refractivity contribution is 7.22. The standard InChI is InChI=1S/C57H64ClFN6O7SSi/c1-35-44-20-22-46(50(35)58)69-43(31-65-27-25-64(8)26-28-65)33-67-42-19-21-45(68-32-40-23-24-60-52(63-40)37-13-17-41(18-14-37)72-74(9,10)57(5,6)7)38(29-42)30-47(55(66)71-56(2,3)4)70-53-49-48(44)51(73-54(49)62-34-61-53)36-11-15-39(59)16-12-36/h11-24,29,34,43,47H,25-28,30-33H2,1-10H3/t43-,47-/m1/s1. The molecule has 388 valence electrons. The molecule has 7 aromatic rings. The van der Waals surface area contributed by atoms with Crippen molar-refractivity contribution in [1.29, 1.82) is 0 Å². The Labute approximate surface area is 443 Å². The van der Waals surface area contributed by atoms with E-state index in [1.54, 1.807) is 18.3 Å². The number of piperazine rings is 1. The number of hydrogen-bond donors (Lipinski definition) is 0. The smallest absolute Gasteiger partial charge is 0.348 e. The van der Waals surface area contributed by atoms with Gasteiger partial charge in [-0.1, -0.05) is 50.6 Å². The lowest BCUT2D eigenvalue weighted by molar-refractivity contribution is -0.163. The predicted octanol–water partition coefficient (Wildman–Crippen LogP) is 12.3. The normalized spacial score (nSPS) is 17.0. The van der Waals surface area contributed by atoms with Crippen LogP contribution in [0.4, 0.5) is 4.39 Å². The van der Waals surface area contributed by atoms with Crippen LogP contribution in [0.25, 0.3) is 43.2 Å². The molecule has 17 heteroatoms. The van der Waals surface area contributed by atoms with Crippen LogP contribution in [0.1, 0.15) is 58.4 Å². The van der Waals surface area contributed by atoms with Gasteiger partial charge in [-0.25, -0.2) is 29.1 Å². The van der Waals surface area contributed by atoms with E-state index < -0.39 is 32.1 Å². The molecule has 0 N–H and O–H groups in total. The van der Waals surface area contributed by atoms with Crippen molar-refractivity contribution in [3.8, 4) is 61.8 Å². The first kappa shape index (κ1) is 52.7. The molecule has 0 aliphatic carbocycles. The number of aromatic nitrogens is 4. The lowest BCUT2D eigenvalue weighted by Crippen LogP contribution is -2.49. The third-order valence-corrected chi connectivity index (χ3v) is 19.7. The van der Waals surface area contributed by atoms with Crippen molar-refractivity contribution in [2.75, 3.05) is 46.4 Å². The minimum absolute atomic E-state index is 0.00403. The lowest BCUT2D eigenvalue weighted by Gasteiger charge is -2.36. The van der Waals surface area contributed by atoms with E-state index in [1.807, 2.05) is 88.4 Å². The second-order valence-corrected chi connectivity index (χ2v) is 27.6. The van der Waals surface area contributed by atoms with E-state index in [-0.39, 0.29) is 36.4 Å². The quantitative estimate of drug-likeness (QED) is 0.0952. The van der Waals surface area contributed by atoms with Crippen molar-refractivity contribution < 1.29 is 37.3 Å². The monoisotopic (exact) mass is 1060 g/mol. The van der Waals surface area contributed by atoms with E-state index in [4.69, 9.17) is 54.7 Å². The van der Waals surface area contributed by atoms with E-state index in [0.29, 0.717) is 61.7 Å². The molecule has 10 rings (SSSR count). The molecule has 3 aliphatic heterocycles. The largest absolute Gasteiger partial charge is 0.544 e. The molecule has 3 aliphatic rings. The van der Waals surface area contributed by atoms with Crippen LogP contribution in [0.3, 0.4) is 0 Å². The number of ether oxygens (including phenoxy) is 5. The number of carbonyl (C=O) groups is 1. The second kappa shape index (κ2) is 21.6. The van der Waals surface area contributed by atoms with Crippen molar-refractivity contribution in [2.24, 2.45) is 0 Å². The minimum Gasteiger partial charge on any atom is -0.544 e. The van der Waals surface area contributed by atoms with Crippen LogP contribution in [0.2, 0.25) is 23.2 Å². The first-order valence-corrected chi connectivity index (χ1v) is 29.1. The SMILES string of the molecule is Cc1c2ccc(c1Cl)O[C@H](CN1CCN(C)CC1)COc1ccc(OCc3ccnc(-c4ccc(O[Si](C)(C)C(C)(C)C)cc4)n3)c(c1)C[C@H](C(=O)OC(C)(C)C)Oc1ncnc3sc(-c4ccc(F)cc4)c-2c13. The van der Waals surface area contributed by atoms with Gasteiger partial charge in [0.2, 0.25) is 20.3 Å². The Hall–Kier alpha value is -6.17. The predicted molar refractivity (Wildman–Crippen MR) is 292 cm³/mol. The Morgan fingerprint density at radius 1 is 0.892 bits per heavy atom. The van der Waals surface area contributed by atoms with Crippen molar-refractivity contribution in [3.63, 3.8) is 0 Å². The first-order chi connectivity index (χ1) is 35.2. The number of rotatable bonds is 10. The third kappa shape index (κ3) is 12.2. The molecule has 0 saturated carbocycles. The summed E-state index contributed by atoms with van der Waals surface area (Å²) in [7, 11) is 0.0986. The van der Waals surface area contributed by atoms with Crippen LogP contribution in [0, 0.1) is 12.7 Å². The minimum atomic E-state index is -2.03. The number of carbonyl (C=O) groups excluding carboxylic acids is 1. The van der Waals surface area contributed by atoms with Gasteiger partial charge in [0.1, 0.15) is 64.9 Å². The Morgan fingerprint density at radius 3 is 2.34 bits per heavy atom. The average Bonchev–Trinajstić information content (AvgIpc) is 3.74. The molecule has 1 fully saturated rings. The highest BCUT2D eigenvalue weighted by atomic mass is 35.5. The number of thiophene rings is 1. The Morgan fingerprint density at radius 2 is 1.62 bits per heavy atom. The molecule has 0 amide bonds. The summed E-state index contributed by atoms with van der Waals surface area (Å²) in [6.07, 6.45) is 1.45. The average molecular weight is 1060 g/mol. The van der Waals surface area contributed by atoms with E-state index in [1.165, 1.54) is 29.8 Å². The summed E-state index contributed by atoms with van der Waals surface area (Å²) in [4.78, 5) is 39.5. The molecule has 6 heterocycles. The fourth-order valence-electron chi connectivity index (χ4n) is 8.60. The first-order valence-electron chi connectivity index (χ1n) is 25.0. The molecule has 4 aromatic carbocycles. The summed E-state index contributed by atoms with van der Waals surface area (Å²) in [6, 6.07) is 25.4. The topological polar surface area (TPSA) is 130 Å². The van der Waals surface area contributed by atoms with Gasteiger partial charge in [0, 0.05) is 66.9 Å². The van der Waals surface area contributed by atoms with Gasteiger partial charge in [-0.2, -0.15) is 0 Å². The fraction of sp³-hybridized carbons (Fsp3) is 0.386. The van der Waals surface area contributed by atoms with Crippen molar-refractivity contribution in [2.45, 2.75) is 97.4 Å². The van der Waals surface area contributed by atoms with Gasteiger partial charge < -0.3 is 33.0 Å². The van der Waals surface area contributed by atoms with Gasteiger partial charge in [-0.3, -0.25) is 4.90 Å². The maximum absolute atomic E-state index is 14.6. The molecule has 0 unspecified atom stereocenters. The number of nitrogens with zero attached hydrogens (tertiary/aromatic N) is 6. The fourth-order valence-corrected chi connectivity index (χ4v) is 11.0. The maximum Gasteiger partial charge on any atom is 0.348 e. The zero-order valence-corrected chi connectivity index (χ0v) is 46.3. The van der Waals surface area contributed by atoms with E-state index in [9.17, 15) is 9.18 Å². The number of likely N-dealkylation sites (N-methyl/N-ethyl adjacent to an activating group) is 1. The van der Waals surface area contributed by atoms with Gasteiger partial charge in [0.05, 0.1) is 16.1 Å². The van der Waals surface area contributed by atoms with Crippen molar-refractivity contribution in [1.82, 2.24) is 29.7 Å². The number of halogens is 2. The number of fused-ring (bicyclic) bond motifs is 7. The number of esters is 1. The van der Waals surface area contributed by atoms with E-state index in [2.05, 4.69) is 55.7 Å². The van der Waals surface area contributed by atoms with Crippen molar-refractivity contribution in [3.05, 3.63) is 125 Å². The van der Waals surface area contributed by atoms with E-state index >= 15 is 0 Å². The van der Waals surface area contributed by atoms with E-state index in [0.717, 1.165) is 59.1 Å². The van der Waals surface area contributed by atoms with Crippen LogP contribution in [-0.4, -0.2) is 108 Å². The van der Waals surface area contributed by atoms with Crippen LogP contribution < -0.4 is 23.4 Å². The molecule has 13 nitrogen and oxygen atoms in total. The summed E-state index contributed by atoms with van der Waals surface area (Å²) in [5.74, 6) is 2.06. The lowest BCUT2D eigenvalue weighted by atomic mass is 9.96. The van der Waals surface area contributed by atoms with Gasteiger partial charge >= 0.3 is 5.97 Å². The second-order valence-electron chi connectivity index (χ2n) is 21.5. The van der Waals surface area contributed by atoms with Crippen molar-refractivity contribution >= 4 is 47.4 Å². The number of benzene rings is 4. The summed E-state index contributed by atoms with van der Waals surface area (Å²) >= 11 is 8.74. The molecular formula is C57H64ClFN6O7SSi. The molecule has 1 saturated heterocycles. The molecule has 2 atom stereocenters.